The van der Waals surface area contributed by atoms with Crippen LogP contribution in [0.2, 0.25) is 4.34 Å². The maximum absolute atomic E-state index is 12.8. The Hall–Kier alpha value is -1.94. The lowest BCUT2D eigenvalue weighted by Crippen LogP contribution is -2.42. The molecule has 1 aliphatic heterocycles. The number of halogens is 1. The Bertz CT molecular complexity index is 972. The molecule has 1 amide bonds. The summed E-state index contributed by atoms with van der Waals surface area (Å²) in [5, 5.41) is 2.72. The van der Waals surface area contributed by atoms with Gasteiger partial charge in [-0.05, 0) is 56.2 Å². The van der Waals surface area contributed by atoms with Gasteiger partial charge in [0.2, 0.25) is 5.91 Å². The molecule has 150 valence electrons. The van der Waals surface area contributed by atoms with Gasteiger partial charge in [-0.1, -0.05) is 11.6 Å². The molecule has 1 aliphatic rings. The number of rotatable bonds is 6. The van der Waals surface area contributed by atoms with E-state index in [4.69, 9.17) is 16.3 Å². The molecule has 0 aliphatic carbocycles. The monoisotopic (exact) mass is 442 g/mol. The Kier molecular flexibility index (Phi) is 6.39. The van der Waals surface area contributed by atoms with Crippen LogP contribution in [0.25, 0.3) is 0 Å². The molecule has 1 aromatic heterocycles. The van der Waals surface area contributed by atoms with E-state index in [-0.39, 0.29) is 17.4 Å². The highest BCUT2D eigenvalue weighted by molar-refractivity contribution is 7.91. The van der Waals surface area contributed by atoms with Crippen molar-refractivity contribution in [2.24, 2.45) is 0 Å². The highest BCUT2D eigenvalue weighted by atomic mass is 35.5. The minimum absolute atomic E-state index is 0.121. The smallest absolute Gasteiger partial charge is 0.338 e. The molecular weight excluding hydrogens is 424 g/mol. The van der Waals surface area contributed by atoms with Crippen LogP contribution in [0.3, 0.4) is 0 Å². The maximum Gasteiger partial charge on any atom is 0.338 e. The summed E-state index contributed by atoms with van der Waals surface area (Å²) in [6, 6.07) is 8.43. The minimum Gasteiger partial charge on any atom is -0.462 e. The molecule has 1 aromatic carbocycles. The van der Waals surface area contributed by atoms with Gasteiger partial charge in [0.05, 0.1) is 16.5 Å². The number of anilines is 1. The number of hydrogen-bond acceptors (Lipinski definition) is 6. The third kappa shape index (κ3) is 4.38. The van der Waals surface area contributed by atoms with E-state index in [1.54, 1.807) is 31.2 Å². The van der Waals surface area contributed by atoms with E-state index in [1.165, 1.54) is 16.4 Å². The zero-order valence-electron chi connectivity index (χ0n) is 15.1. The fraction of sp³-hybridized carbons (Fsp3) is 0.333. The first-order chi connectivity index (χ1) is 13.3. The van der Waals surface area contributed by atoms with Crippen molar-refractivity contribution in [2.75, 3.05) is 18.5 Å². The number of carbonyl (C=O) groups is 2. The second-order valence-electron chi connectivity index (χ2n) is 6.12. The van der Waals surface area contributed by atoms with Gasteiger partial charge < -0.3 is 10.1 Å². The highest BCUT2D eigenvalue weighted by Gasteiger charge is 2.40. The molecule has 0 unspecified atom stereocenters. The van der Waals surface area contributed by atoms with Crippen molar-refractivity contribution in [3.63, 3.8) is 0 Å². The summed E-state index contributed by atoms with van der Waals surface area (Å²) in [7, 11) is -3.78. The van der Waals surface area contributed by atoms with Gasteiger partial charge >= 0.3 is 5.97 Å². The Morgan fingerprint density at radius 3 is 2.57 bits per heavy atom. The lowest BCUT2D eigenvalue weighted by atomic mass is 10.2. The Morgan fingerprint density at radius 2 is 1.96 bits per heavy atom. The summed E-state index contributed by atoms with van der Waals surface area (Å²) in [6.45, 7) is 2.27. The average molecular weight is 443 g/mol. The molecule has 2 aromatic rings. The predicted octanol–water partition coefficient (Wildman–Crippen LogP) is 3.37. The largest absolute Gasteiger partial charge is 0.462 e. The van der Waals surface area contributed by atoms with Gasteiger partial charge in [-0.2, -0.15) is 4.31 Å². The minimum atomic E-state index is -3.78. The van der Waals surface area contributed by atoms with Gasteiger partial charge in [-0.3, -0.25) is 4.79 Å². The van der Waals surface area contributed by atoms with Crippen molar-refractivity contribution >= 4 is 50.5 Å². The summed E-state index contributed by atoms with van der Waals surface area (Å²) in [5.41, 5.74) is 0.848. The molecule has 0 bridgehead atoms. The quantitative estimate of drug-likeness (QED) is 0.692. The van der Waals surface area contributed by atoms with Crippen LogP contribution in [0.4, 0.5) is 5.69 Å². The molecule has 1 fully saturated rings. The number of hydrogen-bond donors (Lipinski definition) is 1. The van der Waals surface area contributed by atoms with Crippen LogP contribution in [0, 0.1) is 0 Å². The highest BCUT2D eigenvalue weighted by Crippen LogP contribution is 2.32. The van der Waals surface area contributed by atoms with Crippen molar-refractivity contribution in [2.45, 2.75) is 30.0 Å². The normalized spacial score (nSPS) is 17.4. The van der Waals surface area contributed by atoms with Crippen molar-refractivity contribution < 1.29 is 22.7 Å². The molecule has 28 heavy (non-hydrogen) atoms. The van der Waals surface area contributed by atoms with Gasteiger partial charge in [0, 0.05) is 12.2 Å². The van der Waals surface area contributed by atoms with Crippen molar-refractivity contribution in [3.8, 4) is 0 Å². The number of ether oxygens (including phenoxy) is 1. The van der Waals surface area contributed by atoms with Crippen LogP contribution in [-0.4, -0.2) is 43.8 Å². The van der Waals surface area contributed by atoms with E-state index in [0.29, 0.717) is 28.4 Å². The van der Waals surface area contributed by atoms with Gasteiger partial charge in [0.1, 0.15) is 10.3 Å². The number of amides is 1. The van der Waals surface area contributed by atoms with E-state index in [9.17, 15) is 18.0 Å². The summed E-state index contributed by atoms with van der Waals surface area (Å²) in [5.74, 6) is -0.851. The van der Waals surface area contributed by atoms with Crippen LogP contribution < -0.4 is 5.32 Å². The molecule has 1 N–H and O–H groups in total. The topological polar surface area (TPSA) is 92.8 Å². The van der Waals surface area contributed by atoms with Crippen LogP contribution in [0.1, 0.15) is 30.1 Å². The number of carbonyl (C=O) groups excluding carboxylic acids is 2. The lowest BCUT2D eigenvalue weighted by Gasteiger charge is -2.22. The van der Waals surface area contributed by atoms with Crippen molar-refractivity contribution in [1.29, 1.82) is 0 Å². The second kappa shape index (κ2) is 8.60. The lowest BCUT2D eigenvalue weighted by molar-refractivity contribution is -0.119. The summed E-state index contributed by atoms with van der Waals surface area (Å²) in [6.07, 6.45) is 1.03. The van der Waals surface area contributed by atoms with Crippen LogP contribution >= 0.6 is 22.9 Å². The molecule has 2 heterocycles. The Morgan fingerprint density at radius 1 is 1.25 bits per heavy atom. The number of benzene rings is 1. The molecule has 0 spiro atoms. The van der Waals surface area contributed by atoms with Crippen LogP contribution in [0.5, 0.6) is 0 Å². The molecule has 3 rings (SSSR count). The van der Waals surface area contributed by atoms with Crippen LogP contribution in [-0.2, 0) is 19.6 Å². The average Bonchev–Trinajstić information content (AvgIpc) is 3.32. The van der Waals surface area contributed by atoms with E-state index in [0.717, 1.165) is 11.3 Å². The summed E-state index contributed by atoms with van der Waals surface area (Å²) in [4.78, 5) is 24.4. The molecular formula is C18H19ClN2O5S2. The Labute approximate surface area is 172 Å². The molecule has 1 saturated heterocycles. The first kappa shape index (κ1) is 20.8. The molecule has 0 saturated carbocycles. The molecule has 1 atom stereocenters. The van der Waals surface area contributed by atoms with Gasteiger partial charge in [0.15, 0.2) is 0 Å². The fourth-order valence-corrected chi connectivity index (χ4v) is 6.24. The SMILES string of the molecule is CCOC(=O)c1ccc(NC(=O)[C@H]2CCCN2S(=O)(=O)c2ccc(Cl)s2)cc1. The molecule has 7 nitrogen and oxygen atoms in total. The first-order valence-corrected chi connectivity index (χ1v) is 11.3. The van der Waals surface area contributed by atoms with Crippen LogP contribution in [0.15, 0.2) is 40.6 Å². The van der Waals surface area contributed by atoms with E-state index < -0.39 is 27.9 Å². The summed E-state index contributed by atoms with van der Waals surface area (Å²) < 4.78 is 32.3. The third-order valence-corrected chi connectivity index (χ3v) is 7.89. The summed E-state index contributed by atoms with van der Waals surface area (Å²) >= 11 is 6.83. The molecule has 0 radical (unpaired) electrons. The third-order valence-electron chi connectivity index (χ3n) is 4.28. The zero-order valence-corrected chi connectivity index (χ0v) is 17.4. The number of thiophene rings is 1. The first-order valence-electron chi connectivity index (χ1n) is 8.68. The Balaban J connectivity index is 1.72. The maximum atomic E-state index is 12.8. The van der Waals surface area contributed by atoms with Gasteiger partial charge in [-0.15, -0.1) is 11.3 Å². The van der Waals surface area contributed by atoms with Gasteiger partial charge in [-0.25, -0.2) is 13.2 Å². The number of esters is 1. The van der Waals surface area contributed by atoms with E-state index >= 15 is 0 Å². The molecule has 10 heteroatoms. The standard InChI is InChI=1S/C18H19ClN2O5S2/c1-2-26-18(23)12-5-7-13(8-6-12)20-17(22)14-4-3-11-21(14)28(24,25)16-10-9-15(19)27-16/h5-10,14H,2-4,11H2,1H3,(H,20,22)/t14-/m1/s1. The number of nitrogens with one attached hydrogen (secondary N) is 1. The number of sulfonamides is 1. The van der Waals surface area contributed by atoms with Crippen molar-refractivity contribution in [3.05, 3.63) is 46.3 Å². The van der Waals surface area contributed by atoms with E-state index in [2.05, 4.69) is 5.32 Å². The zero-order chi connectivity index (χ0) is 20.3. The predicted molar refractivity (Wildman–Crippen MR) is 107 cm³/mol. The van der Waals surface area contributed by atoms with E-state index in [1.807, 2.05) is 0 Å². The fourth-order valence-electron chi connectivity index (χ4n) is 2.97. The van der Waals surface area contributed by atoms with Gasteiger partial charge in [0.25, 0.3) is 10.0 Å². The second-order valence-corrected chi connectivity index (χ2v) is 9.95. The number of nitrogens with zero attached hydrogens (tertiary/aromatic N) is 1. The van der Waals surface area contributed by atoms with Crippen molar-refractivity contribution in [1.82, 2.24) is 4.31 Å².